The average molecular weight is 366 g/mol. The van der Waals surface area contributed by atoms with Gasteiger partial charge in [-0.25, -0.2) is 4.79 Å². The van der Waals surface area contributed by atoms with Crippen LogP contribution in [0.4, 0.5) is 19.3 Å². The Balaban J connectivity index is 1.62. The fraction of sp³-hybridized carbons (Fsp3) is 0.235. The zero-order chi connectivity index (χ0) is 18.7. The van der Waals surface area contributed by atoms with Gasteiger partial charge in [0.05, 0.1) is 14.2 Å². The Morgan fingerprint density at radius 3 is 2.62 bits per heavy atom. The molecule has 0 unspecified atom stereocenters. The van der Waals surface area contributed by atoms with Gasteiger partial charge in [0, 0.05) is 23.9 Å². The normalized spacial score (nSPS) is 13.8. The number of urea groups is 1. The summed E-state index contributed by atoms with van der Waals surface area (Å²) >= 11 is 0. The monoisotopic (exact) mass is 366 g/mol. The number of carbonyl (C=O) groups is 1. The molecule has 0 spiro atoms. The highest BCUT2D eigenvalue weighted by atomic mass is 19.3. The SMILES string of the molecule is COc1cccc(CNC(=O)Nc2ccc3c(c2)OC(F)(F)O3)c1OC. The highest BCUT2D eigenvalue weighted by Gasteiger charge is 2.43. The van der Waals surface area contributed by atoms with Gasteiger partial charge in [-0.05, 0) is 18.2 Å². The van der Waals surface area contributed by atoms with E-state index < -0.39 is 12.3 Å². The number of ether oxygens (including phenoxy) is 4. The van der Waals surface area contributed by atoms with E-state index >= 15 is 0 Å². The van der Waals surface area contributed by atoms with Crippen LogP contribution in [0, 0.1) is 0 Å². The lowest BCUT2D eigenvalue weighted by molar-refractivity contribution is -0.286. The van der Waals surface area contributed by atoms with Gasteiger partial charge in [-0.3, -0.25) is 0 Å². The third kappa shape index (κ3) is 3.71. The van der Waals surface area contributed by atoms with E-state index in [0.717, 1.165) is 0 Å². The summed E-state index contributed by atoms with van der Waals surface area (Å²) in [6.45, 7) is 0.175. The van der Waals surface area contributed by atoms with E-state index in [4.69, 9.17) is 9.47 Å². The fourth-order valence-corrected chi connectivity index (χ4v) is 2.47. The zero-order valence-electron chi connectivity index (χ0n) is 14.0. The summed E-state index contributed by atoms with van der Waals surface area (Å²) in [5.74, 6) is 0.814. The average Bonchev–Trinajstić information content (AvgIpc) is 2.92. The molecule has 0 aromatic heterocycles. The number of halogens is 2. The molecule has 1 heterocycles. The molecule has 1 aliphatic heterocycles. The summed E-state index contributed by atoms with van der Waals surface area (Å²) in [4.78, 5) is 12.1. The largest absolute Gasteiger partial charge is 0.586 e. The molecule has 0 fully saturated rings. The van der Waals surface area contributed by atoms with E-state index in [-0.39, 0.29) is 23.7 Å². The Kier molecular flexibility index (Phi) is 4.70. The van der Waals surface area contributed by atoms with Crippen molar-refractivity contribution in [1.82, 2.24) is 5.32 Å². The number of fused-ring (bicyclic) bond motifs is 1. The van der Waals surface area contributed by atoms with E-state index in [1.807, 2.05) is 0 Å². The summed E-state index contributed by atoms with van der Waals surface area (Å²) in [5, 5.41) is 5.18. The summed E-state index contributed by atoms with van der Waals surface area (Å²) in [6.07, 6.45) is -3.70. The lowest BCUT2D eigenvalue weighted by Gasteiger charge is -2.13. The molecule has 9 heteroatoms. The van der Waals surface area contributed by atoms with Gasteiger partial charge in [0.2, 0.25) is 0 Å². The second kappa shape index (κ2) is 6.95. The second-order valence-electron chi connectivity index (χ2n) is 5.29. The molecular formula is C17H16F2N2O5. The molecule has 3 rings (SSSR count). The van der Waals surface area contributed by atoms with Gasteiger partial charge in [0.15, 0.2) is 23.0 Å². The number of hydrogen-bond acceptors (Lipinski definition) is 5. The minimum Gasteiger partial charge on any atom is -0.493 e. The number of rotatable bonds is 5. The van der Waals surface area contributed by atoms with Crippen molar-refractivity contribution in [3.8, 4) is 23.0 Å². The smallest absolute Gasteiger partial charge is 0.493 e. The first kappa shape index (κ1) is 17.6. The highest BCUT2D eigenvalue weighted by Crippen LogP contribution is 2.42. The number of methoxy groups -OCH3 is 2. The van der Waals surface area contributed by atoms with Gasteiger partial charge in [-0.15, -0.1) is 8.78 Å². The number of nitrogens with one attached hydrogen (secondary N) is 2. The molecule has 1 aliphatic rings. The minimum absolute atomic E-state index is 0.0953. The van der Waals surface area contributed by atoms with Crippen LogP contribution in [0.25, 0.3) is 0 Å². The van der Waals surface area contributed by atoms with Gasteiger partial charge in [0.25, 0.3) is 0 Å². The fourth-order valence-electron chi connectivity index (χ4n) is 2.47. The molecule has 2 amide bonds. The van der Waals surface area contributed by atoms with Crippen LogP contribution in [-0.4, -0.2) is 26.5 Å². The van der Waals surface area contributed by atoms with Crippen molar-refractivity contribution in [2.24, 2.45) is 0 Å². The molecule has 138 valence electrons. The quantitative estimate of drug-likeness (QED) is 0.849. The van der Waals surface area contributed by atoms with Gasteiger partial charge >= 0.3 is 12.3 Å². The zero-order valence-corrected chi connectivity index (χ0v) is 14.0. The maximum atomic E-state index is 13.0. The number of hydrogen-bond donors (Lipinski definition) is 2. The number of carbonyl (C=O) groups excluding carboxylic acids is 1. The lowest BCUT2D eigenvalue weighted by atomic mass is 10.2. The molecule has 0 saturated carbocycles. The van der Waals surface area contributed by atoms with E-state index in [9.17, 15) is 13.6 Å². The van der Waals surface area contributed by atoms with Crippen molar-refractivity contribution in [3.63, 3.8) is 0 Å². The number of alkyl halides is 2. The van der Waals surface area contributed by atoms with Crippen molar-refractivity contribution < 1.29 is 32.5 Å². The van der Waals surface area contributed by atoms with Crippen LogP contribution in [0.5, 0.6) is 23.0 Å². The number of para-hydroxylation sites is 1. The van der Waals surface area contributed by atoms with Crippen molar-refractivity contribution >= 4 is 11.7 Å². The predicted molar refractivity (Wildman–Crippen MR) is 88.0 cm³/mol. The van der Waals surface area contributed by atoms with Crippen molar-refractivity contribution in [1.29, 1.82) is 0 Å². The standard InChI is InChI=1S/C17H16F2N2O5/c1-23-13-5-3-4-10(15(13)24-2)9-20-16(22)21-11-6-7-12-14(8-11)26-17(18,19)25-12/h3-8H,9H2,1-2H3,(H2,20,21,22). The molecule has 0 aliphatic carbocycles. The van der Waals surface area contributed by atoms with Crippen LogP contribution in [0.2, 0.25) is 0 Å². The first-order valence-corrected chi connectivity index (χ1v) is 7.56. The van der Waals surface area contributed by atoms with E-state index in [1.54, 1.807) is 18.2 Å². The van der Waals surface area contributed by atoms with Gasteiger partial charge in [-0.2, -0.15) is 0 Å². The number of benzene rings is 2. The maximum Gasteiger partial charge on any atom is 0.586 e. The Labute approximate surface area is 147 Å². The molecule has 2 aromatic carbocycles. The minimum atomic E-state index is -3.70. The lowest BCUT2D eigenvalue weighted by Crippen LogP contribution is -2.28. The Hall–Kier alpha value is -3.23. The summed E-state index contributed by atoms with van der Waals surface area (Å²) in [7, 11) is 3.02. The Morgan fingerprint density at radius 2 is 1.88 bits per heavy atom. The molecule has 0 atom stereocenters. The van der Waals surface area contributed by atoms with Crippen LogP contribution in [0.1, 0.15) is 5.56 Å². The van der Waals surface area contributed by atoms with E-state index in [1.165, 1.54) is 32.4 Å². The molecule has 26 heavy (non-hydrogen) atoms. The molecule has 0 radical (unpaired) electrons. The van der Waals surface area contributed by atoms with E-state index in [0.29, 0.717) is 17.1 Å². The van der Waals surface area contributed by atoms with Gasteiger partial charge in [-0.1, -0.05) is 12.1 Å². The maximum absolute atomic E-state index is 13.0. The third-order valence-electron chi connectivity index (χ3n) is 3.58. The topological polar surface area (TPSA) is 78.1 Å². The molecule has 0 saturated heterocycles. The predicted octanol–water partition coefficient (Wildman–Crippen LogP) is 3.35. The van der Waals surface area contributed by atoms with E-state index in [2.05, 4.69) is 20.1 Å². The molecule has 7 nitrogen and oxygen atoms in total. The Morgan fingerprint density at radius 1 is 1.12 bits per heavy atom. The van der Waals surface area contributed by atoms with Gasteiger partial charge < -0.3 is 29.6 Å². The summed E-state index contributed by atoms with van der Waals surface area (Å²) in [6, 6.07) is 8.73. The number of amides is 2. The highest BCUT2D eigenvalue weighted by molar-refractivity contribution is 5.89. The Bertz CT molecular complexity index is 829. The second-order valence-corrected chi connectivity index (χ2v) is 5.29. The van der Waals surface area contributed by atoms with Crippen LogP contribution in [0.3, 0.4) is 0 Å². The van der Waals surface area contributed by atoms with Crippen molar-refractivity contribution in [2.75, 3.05) is 19.5 Å². The van der Waals surface area contributed by atoms with Crippen LogP contribution < -0.4 is 29.6 Å². The third-order valence-corrected chi connectivity index (χ3v) is 3.58. The summed E-state index contributed by atoms with van der Waals surface area (Å²) < 4.78 is 45.1. The number of anilines is 1. The van der Waals surface area contributed by atoms with Crippen LogP contribution >= 0.6 is 0 Å². The van der Waals surface area contributed by atoms with Crippen LogP contribution in [-0.2, 0) is 6.54 Å². The van der Waals surface area contributed by atoms with Gasteiger partial charge in [0.1, 0.15) is 0 Å². The molecule has 0 bridgehead atoms. The molecule has 2 N–H and O–H groups in total. The molecular weight excluding hydrogens is 350 g/mol. The van der Waals surface area contributed by atoms with Crippen molar-refractivity contribution in [3.05, 3.63) is 42.0 Å². The van der Waals surface area contributed by atoms with Crippen molar-refractivity contribution in [2.45, 2.75) is 12.8 Å². The molecule has 2 aromatic rings. The van der Waals surface area contributed by atoms with Crippen LogP contribution in [0.15, 0.2) is 36.4 Å². The first-order valence-electron chi connectivity index (χ1n) is 7.56. The summed E-state index contributed by atoms with van der Waals surface area (Å²) in [5.41, 5.74) is 0.993. The first-order chi connectivity index (χ1) is 12.4.